The Morgan fingerprint density at radius 1 is 1.24 bits per heavy atom. The van der Waals surface area contributed by atoms with Crippen molar-refractivity contribution in [3.8, 4) is 0 Å². The van der Waals surface area contributed by atoms with Gasteiger partial charge < -0.3 is 9.80 Å². The van der Waals surface area contributed by atoms with Gasteiger partial charge in [0.1, 0.15) is 0 Å². The molecule has 1 aliphatic rings. The Morgan fingerprint density at radius 2 is 2.00 bits per heavy atom. The Labute approximate surface area is 128 Å². The van der Waals surface area contributed by atoms with E-state index in [2.05, 4.69) is 48.6 Å². The number of aryl methyl sites for hydroxylation is 1. The number of nitrogens with one attached hydrogen (secondary N) is 1. The zero-order valence-corrected chi connectivity index (χ0v) is 13.2. The molecule has 0 aromatic heterocycles. The molecule has 0 radical (unpaired) electrons. The maximum absolute atomic E-state index is 12.3. The summed E-state index contributed by atoms with van der Waals surface area (Å²) < 4.78 is 0. The first kappa shape index (κ1) is 16.0. The van der Waals surface area contributed by atoms with Crippen LogP contribution in [-0.4, -0.2) is 55.6 Å². The van der Waals surface area contributed by atoms with Crippen molar-refractivity contribution in [1.82, 2.24) is 15.1 Å². The molecule has 1 aromatic carbocycles. The monoisotopic (exact) mass is 289 g/mol. The molecule has 1 unspecified atom stereocenters. The Balaban J connectivity index is 1.69. The van der Waals surface area contributed by atoms with Gasteiger partial charge in [-0.05, 0) is 51.9 Å². The van der Waals surface area contributed by atoms with Gasteiger partial charge in [0.05, 0.1) is 12.7 Å². The molecule has 1 aromatic rings. The quantitative estimate of drug-likeness (QED) is 0.740. The number of carbonyl (C=O) groups is 1. The summed E-state index contributed by atoms with van der Waals surface area (Å²) in [6, 6.07) is 10.4. The fourth-order valence-electron chi connectivity index (χ4n) is 2.71. The third-order valence-corrected chi connectivity index (χ3v) is 3.99. The first-order chi connectivity index (χ1) is 10.2. The van der Waals surface area contributed by atoms with Gasteiger partial charge in [-0.1, -0.05) is 30.3 Å². The number of hydrogen-bond acceptors (Lipinski definition) is 3. The van der Waals surface area contributed by atoms with Crippen molar-refractivity contribution < 1.29 is 4.79 Å². The Kier molecular flexibility index (Phi) is 6.21. The lowest BCUT2D eigenvalue weighted by molar-refractivity contribution is -0.129. The fraction of sp³-hybridized carbons (Fsp3) is 0.588. The maximum Gasteiger partial charge on any atom is 0.240 e. The van der Waals surface area contributed by atoms with E-state index in [1.807, 2.05) is 11.0 Å². The van der Waals surface area contributed by atoms with Crippen LogP contribution in [0.5, 0.6) is 0 Å². The summed E-state index contributed by atoms with van der Waals surface area (Å²) >= 11 is 0. The number of nitrogens with zero attached hydrogens (tertiary/aromatic N) is 2. The molecule has 1 amide bonds. The molecule has 1 saturated heterocycles. The highest BCUT2D eigenvalue weighted by atomic mass is 16.2. The molecule has 21 heavy (non-hydrogen) atoms. The van der Waals surface area contributed by atoms with E-state index in [1.165, 1.54) is 5.56 Å². The molecule has 0 spiro atoms. The van der Waals surface area contributed by atoms with Crippen LogP contribution in [0.1, 0.15) is 24.8 Å². The van der Waals surface area contributed by atoms with Gasteiger partial charge in [-0.3, -0.25) is 10.1 Å². The Morgan fingerprint density at radius 3 is 2.71 bits per heavy atom. The van der Waals surface area contributed by atoms with Crippen LogP contribution >= 0.6 is 0 Å². The average Bonchev–Trinajstić information content (AvgIpc) is 2.83. The lowest BCUT2D eigenvalue weighted by atomic mass is 10.1. The van der Waals surface area contributed by atoms with Crippen molar-refractivity contribution in [2.75, 3.05) is 33.9 Å². The molecule has 1 N–H and O–H groups in total. The van der Waals surface area contributed by atoms with Crippen LogP contribution in [-0.2, 0) is 11.2 Å². The highest BCUT2D eigenvalue weighted by Gasteiger charge is 2.29. The van der Waals surface area contributed by atoms with E-state index in [4.69, 9.17) is 0 Å². The van der Waals surface area contributed by atoms with Crippen LogP contribution in [0.2, 0.25) is 0 Å². The van der Waals surface area contributed by atoms with Gasteiger partial charge in [-0.15, -0.1) is 0 Å². The number of rotatable bonds is 8. The molecule has 4 nitrogen and oxygen atoms in total. The molecule has 1 fully saturated rings. The number of amides is 1. The summed E-state index contributed by atoms with van der Waals surface area (Å²) in [6.07, 6.45) is 4.07. The molecular formula is C17H27N3O. The minimum absolute atomic E-state index is 0.000875. The molecule has 0 bridgehead atoms. The molecule has 2 rings (SSSR count). The fourth-order valence-corrected chi connectivity index (χ4v) is 2.71. The van der Waals surface area contributed by atoms with Crippen molar-refractivity contribution >= 4 is 5.91 Å². The van der Waals surface area contributed by atoms with Crippen molar-refractivity contribution in [1.29, 1.82) is 0 Å². The zero-order chi connectivity index (χ0) is 15.1. The van der Waals surface area contributed by atoms with E-state index in [0.29, 0.717) is 6.67 Å². The molecule has 4 heteroatoms. The molecule has 1 heterocycles. The normalized spacial score (nSPS) is 18.7. The van der Waals surface area contributed by atoms with Gasteiger partial charge in [0, 0.05) is 6.54 Å². The third kappa shape index (κ3) is 5.14. The topological polar surface area (TPSA) is 35.6 Å². The van der Waals surface area contributed by atoms with Gasteiger partial charge in [0.2, 0.25) is 5.91 Å². The first-order valence-corrected chi connectivity index (χ1v) is 7.87. The Hall–Kier alpha value is -1.39. The lowest BCUT2D eigenvalue weighted by Crippen LogP contribution is -2.31. The van der Waals surface area contributed by atoms with Crippen LogP contribution in [0.4, 0.5) is 0 Å². The number of hydrogen-bond donors (Lipinski definition) is 1. The minimum Gasteiger partial charge on any atom is -0.329 e. The van der Waals surface area contributed by atoms with E-state index in [0.717, 1.165) is 38.8 Å². The molecule has 1 atom stereocenters. The van der Waals surface area contributed by atoms with Crippen molar-refractivity contribution in [2.45, 2.75) is 31.7 Å². The van der Waals surface area contributed by atoms with E-state index >= 15 is 0 Å². The minimum atomic E-state index is -0.000875. The van der Waals surface area contributed by atoms with E-state index < -0.39 is 0 Å². The van der Waals surface area contributed by atoms with Crippen molar-refractivity contribution in [3.05, 3.63) is 35.9 Å². The largest absolute Gasteiger partial charge is 0.329 e. The summed E-state index contributed by atoms with van der Waals surface area (Å²) in [7, 11) is 4.17. The van der Waals surface area contributed by atoms with E-state index in [9.17, 15) is 4.79 Å². The number of carbonyl (C=O) groups excluding carboxylic acids is 1. The molecule has 116 valence electrons. The van der Waals surface area contributed by atoms with Gasteiger partial charge in [-0.2, -0.15) is 0 Å². The van der Waals surface area contributed by atoms with Crippen molar-refractivity contribution in [3.63, 3.8) is 0 Å². The van der Waals surface area contributed by atoms with Crippen LogP contribution in [0.15, 0.2) is 30.3 Å². The van der Waals surface area contributed by atoms with E-state index in [-0.39, 0.29) is 11.9 Å². The van der Waals surface area contributed by atoms with E-state index in [1.54, 1.807) is 0 Å². The number of unbranched alkanes of at least 4 members (excludes halogenated alkanes) is 1. The average molecular weight is 289 g/mol. The molecule has 0 aliphatic carbocycles. The van der Waals surface area contributed by atoms with Crippen LogP contribution < -0.4 is 5.32 Å². The summed E-state index contributed by atoms with van der Waals surface area (Å²) in [5, 5.41) is 3.34. The predicted octanol–water partition coefficient (Wildman–Crippen LogP) is 1.72. The number of benzene rings is 1. The highest BCUT2D eigenvalue weighted by molar-refractivity contribution is 5.83. The van der Waals surface area contributed by atoms with Crippen LogP contribution in [0, 0.1) is 0 Å². The smallest absolute Gasteiger partial charge is 0.240 e. The van der Waals surface area contributed by atoms with Crippen LogP contribution in [0.25, 0.3) is 0 Å². The molecule has 1 aliphatic heterocycles. The molecular weight excluding hydrogens is 262 g/mol. The summed E-state index contributed by atoms with van der Waals surface area (Å²) in [5.74, 6) is 0.274. The SMILES string of the molecule is CN(C)CCCCN1CNC(CCc2ccccc2)C1=O. The van der Waals surface area contributed by atoms with Gasteiger partial charge in [0.15, 0.2) is 0 Å². The summed E-state index contributed by atoms with van der Waals surface area (Å²) in [6.45, 7) is 2.68. The maximum atomic E-state index is 12.3. The Bertz CT molecular complexity index is 433. The second-order valence-electron chi connectivity index (χ2n) is 6.05. The second kappa shape index (κ2) is 8.15. The predicted molar refractivity (Wildman–Crippen MR) is 86.1 cm³/mol. The standard InChI is InChI=1S/C17H27N3O/c1-19(2)12-6-7-13-20-14-18-16(17(20)21)11-10-15-8-4-3-5-9-15/h3-5,8-9,16,18H,6-7,10-14H2,1-2H3. The van der Waals surface area contributed by atoms with Gasteiger partial charge in [0.25, 0.3) is 0 Å². The first-order valence-electron chi connectivity index (χ1n) is 7.87. The van der Waals surface area contributed by atoms with Crippen LogP contribution in [0.3, 0.4) is 0 Å². The van der Waals surface area contributed by atoms with Gasteiger partial charge >= 0.3 is 0 Å². The zero-order valence-electron chi connectivity index (χ0n) is 13.2. The highest BCUT2D eigenvalue weighted by Crippen LogP contribution is 2.12. The third-order valence-electron chi connectivity index (χ3n) is 3.99. The second-order valence-corrected chi connectivity index (χ2v) is 6.05. The summed E-state index contributed by atoms with van der Waals surface area (Å²) in [5.41, 5.74) is 1.30. The van der Waals surface area contributed by atoms with Crippen molar-refractivity contribution in [2.24, 2.45) is 0 Å². The van der Waals surface area contributed by atoms with Gasteiger partial charge in [-0.25, -0.2) is 0 Å². The summed E-state index contributed by atoms with van der Waals surface area (Å²) in [4.78, 5) is 16.5. The lowest BCUT2D eigenvalue weighted by Gasteiger charge is -2.16. The molecule has 0 saturated carbocycles.